The minimum atomic E-state index is -1.63. The Kier molecular flexibility index (Phi) is 42.6. The average molecular weight is 1480 g/mol. The number of hydrogen-bond acceptors (Lipinski definition) is 19. The lowest BCUT2D eigenvalue weighted by Gasteiger charge is -2.32. The Morgan fingerprint density at radius 3 is 1.24 bits per heavy atom. The smallest absolute Gasteiger partial charge is 0.326 e. The zero-order valence-electron chi connectivity index (χ0n) is 61.1. The van der Waals surface area contributed by atoms with Crippen LogP contribution in [0.25, 0.3) is 0 Å². The highest BCUT2D eigenvalue weighted by Gasteiger charge is 2.40. The second-order valence-electron chi connectivity index (χ2n) is 26.7. The van der Waals surface area contributed by atoms with E-state index in [-0.39, 0.29) is 113 Å². The summed E-state index contributed by atoms with van der Waals surface area (Å²) in [5, 5.41) is 40.0. The third kappa shape index (κ3) is 34.8. The molecular formula is C63H118N24O13S2. The van der Waals surface area contributed by atoms with Crippen LogP contribution in [-0.4, -0.2) is 210 Å². The van der Waals surface area contributed by atoms with Crippen molar-refractivity contribution in [3.05, 3.63) is 0 Å². The van der Waals surface area contributed by atoms with Crippen LogP contribution in [0.4, 0.5) is 0 Å². The zero-order valence-corrected chi connectivity index (χ0v) is 62.7. The van der Waals surface area contributed by atoms with Gasteiger partial charge in [0.25, 0.3) is 0 Å². The van der Waals surface area contributed by atoms with Crippen molar-refractivity contribution in [3.8, 4) is 0 Å². The molecule has 1 rings (SSSR count). The molecule has 0 aromatic carbocycles. The lowest BCUT2D eigenvalue weighted by atomic mass is 9.94. The Morgan fingerprint density at radius 1 is 0.461 bits per heavy atom. The first-order chi connectivity index (χ1) is 47.8. The number of amides is 11. The number of nitrogens with two attached hydrogens (primary N) is 9. The fourth-order valence-electron chi connectivity index (χ4n) is 10.1. The molecule has 37 nitrogen and oxygen atoms in total. The molecular weight excluding hydrogens is 1360 g/mol. The van der Waals surface area contributed by atoms with Gasteiger partial charge < -0.3 is 115 Å². The van der Waals surface area contributed by atoms with Crippen molar-refractivity contribution in [2.75, 3.05) is 37.7 Å². The molecule has 1 heterocycles. The van der Waals surface area contributed by atoms with Gasteiger partial charge in [0.2, 0.25) is 65.0 Å². The number of carbonyl (C=O) groups excluding carboxylic acids is 11. The monoisotopic (exact) mass is 1480 g/mol. The van der Waals surface area contributed by atoms with Crippen LogP contribution in [0, 0.1) is 35.5 Å². The van der Waals surface area contributed by atoms with Crippen LogP contribution in [0.3, 0.4) is 0 Å². The molecule has 0 bridgehead atoms. The van der Waals surface area contributed by atoms with Crippen molar-refractivity contribution >= 4 is 116 Å². The molecule has 1 fully saturated rings. The van der Waals surface area contributed by atoms with E-state index in [1.165, 1.54) is 0 Å². The van der Waals surface area contributed by atoms with Gasteiger partial charge in [0.15, 0.2) is 23.8 Å². The van der Waals surface area contributed by atoms with E-state index < -0.39 is 179 Å². The van der Waals surface area contributed by atoms with Crippen molar-refractivity contribution in [2.45, 2.75) is 226 Å². The average Bonchev–Trinajstić information content (AvgIpc) is 0.851. The largest absolute Gasteiger partial charge is 0.480 e. The molecule has 0 spiro atoms. The van der Waals surface area contributed by atoms with Crippen molar-refractivity contribution in [2.24, 2.45) is 107 Å². The number of nitrogens with zero attached hydrogens (tertiary/aromatic N) is 4. The fourth-order valence-corrected chi connectivity index (χ4v) is 12.4. The predicted octanol–water partition coefficient (Wildman–Crippen LogP) is -4.55. The van der Waals surface area contributed by atoms with Crippen LogP contribution in [0.15, 0.2) is 20.0 Å². The summed E-state index contributed by atoms with van der Waals surface area (Å²) >= 11 is 0. The minimum absolute atomic E-state index is 0.00318. The Bertz CT molecular complexity index is 2890. The number of carboxylic acid groups (broad SMARTS) is 1. The van der Waals surface area contributed by atoms with Gasteiger partial charge in [-0.05, 0) is 93.3 Å². The van der Waals surface area contributed by atoms with Crippen LogP contribution in [0.5, 0.6) is 0 Å². The number of guanidine groups is 4. The van der Waals surface area contributed by atoms with E-state index in [1.54, 1.807) is 83.1 Å². The number of hydrogen-bond donors (Lipinski definition) is 21. The molecule has 30 N–H and O–H groups in total. The molecule has 580 valence electrons. The molecule has 0 aromatic rings. The molecule has 102 heavy (non-hydrogen) atoms. The molecule has 1 aliphatic heterocycles. The maximum atomic E-state index is 15.1. The standard InChI is InChI=1S/C63H118N24O13S2/c1-13-34(11)46-57(97)78-38(21-17-25-75-62(69)70)49(89)83-43(31(5)6)54(94)82-42(53(93)79-39(59(99)100)22-18-26-76-63(71)72)29-102-101-28-41(81-51(91)40(27-30(3)4)80-48(88)36(64)19-15-23-73-60(65)66)52(92)77-37(20-16-24-74-61(67)68)50(90)86-47(35(12)14-2)58(98)85-44(32(7)8)55(95)84-45(33(9)10)56(96)87-46/h30-47H,13-29,64H2,1-12H3,(H,77,92)(H,78,97)(H,79,93)(H,80,88)(H,81,91)(H,82,94)(H,83,89)(H,84,95)(H,85,98)(H,86,90)(H,87,96)(H,99,100)(H4,65,66,73)(H4,67,68,74)(H4,69,70,75)(H4,71,72,76)/t34-,35-,36-,37?,38-,39-,40-,41-,42?,43-,44?,45-,46?,47-/m0/s1. The highest BCUT2D eigenvalue weighted by molar-refractivity contribution is 8.76. The Hall–Kier alpha value is -8.62. The van der Waals surface area contributed by atoms with Gasteiger partial charge in [0.1, 0.15) is 66.5 Å². The Labute approximate surface area is 605 Å². The van der Waals surface area contributed by atoms with Crippen LogP contribution in [-0.2, 0) is 57.5 Å². The number of nitrogens with one attached hydrogen (secondary N) is 11. The summed E-state index contributed by atoms with van der Waals surface area (Å²) in [6, 6.07) is -17.0. The SMILES string of the molecule is CC[C@H](C)C1NC(=O)[C@H](C(C)C)NC(=O)C(C(C)C)NC(=O)[C@H]([C@@H](C)CC)NC(=O)C(CCCN=C(N)N)NC(=O)[C@@H](NC(=O)[C@H](CC(C)C)NC(=O)[C@@H](N)CCCN=C(N)N)CSSCC(C(=O)N[C@@H](CCCN=C(N)N)C(=O)O)NC(=O)[C@H](C(C)C)NC(=O)[C@H](CCCN=C(N)N)NC1=O. The molecule has 0 aromatic heterocycles. The predicted molar refractivity (Wildman–Crippen MR) is 394 cm³/mol. The number of carbonyl (C=O) groups is 12. The highest BCUT2D eigenvalue weighted by Crippen LogP contribution is 2.25. The van der Waals surface area contributed by atoms with Crippen molar-refractivity contribution in [1.82, 2.24) is 58.5 Å². The van der Waals surface area contributed by atoms with Crippen LogP contribution >= 0.6 is 21.6 Å². The molecule has 0 saturated carbocycles. The van der Waals surface area contributed by atoms with E-state index in [1.807, 2.05) is 0 Å². The first kappa shape index (κ1) is 91.4. The van der Waals surface area contributed by atoms with Crippen LogP contribution in [0.2, 0.25) is 0 Å². The van der Waals surface area contributed by atoms with Gasteiger partial charge >= 0.3 is 5.97 Å². The summed E-state index contributed by atoms with van der Waals surface area (Å²) in [7, 11) is 1.76. The van der Waals surface area contributed by atoms with Crippen molar-refractivity contribution in [1.29, 1.82) is 0 Å². The van der Waals surface area contributed by atoms with Gasteiger partial charge in [-0.1, -0.05) is 118 Å². The van der Waals surface area contributed by atoms with Gasteiger partial charge in [-0.2, -0.15) is 0 Å². The van der Waals surface area contributed by atoms with Crippen molar-refractivity contribution < 1.29 is 62.6 Å². The summed E-state index contributed by atoms with van der Waals surface area (Å²) in [6.07, 6.45) is 0.828. The summed E-state index contributed by atoms with van der Waals surface area (Å²) < 4.78 is 0. The van der Waals surface area contributed by atoms with Crippen LogP contribution in [0.1, 0.15) is 154 Å². The van der Waals surface area contributed by atoms with Crippen molar-refractivity contribution in [3.63, 3.8) is 0 Å². The van der Waals surface area contributed by atoms with E-state index in [9.17, 15) is 57.8 Å². The first-order valence-electron chi connectivity index (χ1n) is 34.5. The molecule has 1 saturated heterocycles. The zero-order chi connectivity index (χ0) is 77.7. The van der Waals surface area contributed by atoms with E-state index >= 15 is 4.79 Å². The molecule has 1 aliphatic rings. The normalized spacial score (nSPS) is 22.8. The van der Waals surface area contributed by atoms with Crippen LogP contribution < -0.4 is 110 Å². The Balaban J connectivity index is 4.50. The van der Waals surface area contributed by atoms with Gasteiger partial charge in [-0.3, -0.25) is 72.7 Å². The topological polar surface area (TPSA) is 641 Å². The van der Waals surface area contributed by atoms with Gasteiger partial charge in [-0.25, -0.2) is 4.79 Å². The number of rotatable bonds is 32. The first-order valence-corrected chi connectivity index (χ1v) is 37.0. The minimum Gasteiger partial charge on any atom is -0.480 e. The maximum absolute atomic E-state index is 15.1. The molecule has 39 heteroatoms. The molecule has 4 unspecified atom stereocenters. The molecule has 0 aliphatic carbocycles. The second-order valence-corrected chi connectivity index (χ2v) is 29.3. The summed E-state index contributed by atoms with van der Waals surface area (Å²) in [4.78, 5) is 189. The third-order valence-electron chi connectivity index (χ3n) is 16.5. The van der Waals surface area contributed by atoms with E-state index in [2.05, 4.69) is 78.5 Å². The number of aliphatic imine (C=N–C) groups is 4. The highest BCUT2D eigenvalue weighted by atomic mass is 33.1. The van der Waals surface area contributed by atoms with Gasteiger partial charge in [-0.15, -0.1) is 0 Å². The Morgan fingerprint density at radius 2 is 0.824 bits per heavy atom. The number of carboxylic acids is 1. The molecule has 0 radical (unpaired) electrons. The summed E-state index contributed by atoms with van der Waals surface area (Å²) in [6.45, 7) is 20.3. The summed E-state index contributed by atoms with van der Waals surface area (Å²) in [5.41, 5.74) is 50.6. The quantitative estimate of drug-likeness (QED) is 0.0131. The third-order valence-corrected chi connectivity index (χ3v) is 18.9. The van der Waals surface area contributed by atoms with Gasteiger partial charge in [0, 0.05) is 37.7 Å². The summed E-state index contributed by atoms with van der Waals surface area (Å²) in [5.74, 6) is -16.2. The van der Waals surface area contributed by atoms with E-state index in [0.29, 0.717) is 19.3 Å². The maximum Gasteiger partial charge on any atom is 0.326 e. The lowest BCUT2D eigenvalue weighted by molar-refractivity contribution is -0.142. The second kappa shape index (κ2) is 47.5. The van der Waals surface area contributed by atoms with E-state index in [0.717, 1.165) is 21.6 Å². The lowest BCUT2D eigenvalue weighted by Crippen LogP contribution is -2.63. The van der Waals surface area contributed by atoms with Gasteiger partial charge in [0.05, 0.1) is 6.04 Å². The molecule has 11 amide bonds. The fraction of sp³-hybridized carbons (Fsp3) is 0.746. The number of aliphatic carboxylic acids is 1. The van der Waals surface area contributed by atoms with E-state index in [4.69, 9.17) is 51.6 Å². The molecule has 14 atom stereocenters.